The molecule has 0 bridgehead atoms. The second-order valence-corrected chi connectivity index (χ2v) is 7.60. The zero-order chi connectivity index (χ0) is 16.9. The van der Waals surface area contributed by atoms with E-state index in [4.69, 9.17) is 9.05 Å². The molecule has 0 aromatic heterocycles. The molecule has 1 amide bonds. The van der Waals surface area contributed by atoms with Crippen molar-refractivity contribution in [1.29, 1.82) is 0 Å². The minimum Gasteiger partial charge on any atom is -0.342 e. The van der Waals surface area contributed by atoms with Crippen LogP contribution in [0.1, 0.15) is 25.8 Å². The molecule has 7 heteroatoms. The van der Waals surface area contributed by atoms with Crippen LogP contribution < -0.4 is 0 Å². The van der Waals surface area contributed by atoms with Crippen molar-refractivity contribution in [2.45, 2.75) is 32.3 Å². The zero-order valence-corrected chi connectivity index (χ0v) is 14.4. The van der Waals surface area contributed by atoms with Crippen LogP contribution in [0.25, 0.3) is 0 Å². The van der Waals surface area contributed by atoms with Gasteiger partial charge in [-0.15, -0.1) is 0 Å². The van der Waals surface area contributed by atoms with Crippen molar-refractivity contribution >= 4 is 13.5 Å². The minimum absolute atomic E-state index is 0.183. The Labute approximate surface area is 136 Å². The molecule has 1 heterocycles. The molecule has 1 aliphatic rings. The van der Waals surface area contributed by atoms with Crippen molar-refractivity contribution in [2.75, 3.05) is 26.3 Å². The lowest BCUT2D eigenvalue weighted by atomic mass is 10.1. The third-order valence-corrected chi connectivity index (χ3v) is 6.33. The van der Waals surface area contributed by atoms with Crippen LogP contribution in [-0.4, -0.2) is 42.8 Å². The van der Waals surface area contributed by atoms with Gasteiger partial charge in [-0.05, 0) is 44.4 Å². The summed E-state index contributed by atoms with van der Waals surface area (Å²) in [4.78, 5) is 14.2. The number of hydrogen-bond acceptors (Lipinski definition) is 4. The Hall–Kier alpha value is -1.23. The maximum absolute atomic E-state index is 12.9. The largest absolute Gasteiger partial charge is 0.343 e. The fourth-order valence-electron chi connectivity index (χ4n) is 2.73. The van der Waals surface area contributed by atoms with Crippen molar-refractivity contribution < 1.29 is 22.8 Å². The predicted molar refractivity (Wildman–Crippen MR) is 85.9 cm³/mol. The Balaban J connectivity index is 1.97. The number of hydrogen-bond donors (Lipinski definition) is 0. The van der Waals surface area contributed by atoms with E-state index in [1.807, 2.05) is 0 Å². The van der Waals surface area contributed by atoms with Crippen LogP contribution in [0.2, 0.25) is 0 Å². The van der Waals surface area contributed by atoms with Gasteiger partial charge < -0.3 is 13.9 Å². The predicted octanol–water partition coefficient (Wildman–Crippen LogP) is 3.24. The minimum atomic E-state index is -3.40. The van der Waals surface area contributed by atoms with Gasteiger partial charge in [0.15, 0.2) is 0 Å². The summed E-state index contributed by atoms with van der Waals surface area (Å²) in [5.41, 5.74) is 0.246. The number of carbonyl (C=O) groups is 1. The van der Waals surface area contributed by atoms with Gasteiger partial charge in [0, 0.05) is 13.1 Å². The highest BCUT2D eigenvalue weighted by Gasteiger charge is 2.46. The quantitative estimate of drug-likeness (QED) is 0.680. The van der Waals surface area contributed by atoms with E-state index < -0.39 is 13.3 Å². The number of likely N-dealkylation sites (tertiary alicyclic amines) is 1. The first-order chi connectivity index (χ1) is 11.0. The lowest BCUT2D eigenvalue weighted by Crippen LogP contribution is -2.32. The summed E-state index contributed by atoms with van der Waals surface area (Å²) in [5, 5.41) is 0. The molecule has 1 aromatic rings. The lowest BCUT2D eigenvalue weighted by Gasteiger charge is -2.22. The molecule has 0 N–H and O–H groups in total. The number of benzene rings is 1. The highest BCUT2D eigenvalue weighted by atomic mass is 31.2. The van der Waals surface area contributed by atoms with Crippen LogP contribution in [0, 0.1) is 5.82 Å². The van der Waals surface area contributed by atoms with E-state index in [1.165, 1.54) is 12.1 Å². The van der Waals surface area contributed by atoms with Gasteiger partial charge in [0.25, 0.3) is 0 Å². The van der Waals surface area contributed by atoms with Crippen molar-refractivity contribution in [1.82, 2.24) is 4.90 Å². The third-order valence-electron chi connectivity index (χ3n) is 3.85. The lowest BCUT2D eigenvalue weighted by molar-refractivity contribution is -0.127. The van der Waals surface area contributed by atoms with E-state index in [1.54, 1.807) is 30.9 Å². The number of amides is 1. The summed E-state index contributed by atoms with van der Waals surface area (Å²) >= 11 is 0. The first kappa shape index (κ1) is 18.1. The van der Waals surface area contributed by atoms with Crippen LogP contribution in [0.5, 0.6) is 0 Å². The smallest absolute Gasteiger partial charge is 0.342 e. The average molecular weight is 343 g/mol. The number of halogens is 1. The van der Waals surface area contributed by atoms with E-state index >= 15 is 0 Å². The zero-order valence-electron chi connectivity index (χ0n) is 13.5. The number of rotatable bonds is 8. The molecule has 2 rings (SSSR count). The Morgan fingerprint density at radius 1 is 1.22 bits per heavy atom. The second kappa shape index (κ2) is 8.04. The van der Waals surface area contributed by atoms with Crippen LogP contribution in [0.4, 0.5) is 4.39 Å². The van der Waals surface area contributed by atoms with E-state index in [2.05, 4.69) is 0 Å². The summed E-state index contributed by atoms with van der Waals surface area (Å²) in [5.74, 6) is -0.460. The average Bonchev–Trinajstić information content (AvgIpc) is 2.89. The van der Waals surface area contributed by atoms with Crippen molar-refractivity contribution in [3.05, 3.63) is 35.6 Å². The van der Waals surface area contributed by atoms with Gasteiger partial charge in [-0.1, -0.05) is 12.1 Å². The fraction of sp³-hybridized carbons (Fsp3) is 0.562. The summed E-state index contributed by atoms with van der Waals surface area (Å²) in [6.07, 6.45) is 1.10. The molecule has 0 spiro atoms. The standard InChI is InChI=1S/C16H23FNO4P/c1-3-21-23(20,22-4-2)15-10-12-18(16(15)19)11-9-13-5-7-14(17)8-6-13/h5-8,15H,3-4,9-12H2,1-2H3. The van der Waals surface area contributed by atoms with Gasteiger partial charge >= 0.3 is 7.60 Å². The molecule has 128 valence electrons. The van der Waals surface area contributed by atoms with Gasteiger partial charge in [0.1, 0.15) is 11.5 Å². The Kier molecular flexibility index (Phi) is 6.33. The highest BCUT2D eigenvalue weighted by molar-refractivity contribution is 7.55. The van der Waals surface area contributed by atoms with Crippen LogP contribution in [0.3, 0.4) is 0 Å². The maximum atomic E-state index is 12.9. The van der Waals surface area contributed by atoms with E-state index in [0.29, 0.717) is 25.9 Å². The van der Waals surface area contributed by atoms with Gasteiger partial charge in [-0.25, -0.2) is 4.39 Å². The first-order valence-electron chi connectivity index (χ1n) is 7.92. The fourth-order valence-corrected chi connectivity index (χ4v) is 4.75. The molecule has 0 aliphatic carbocycles. The second-order valence-electron chi connectivity index (χ2n) is 5.38. The summed E-state index contributed by atoms with van der Waals surface area (Å²) in [6, 6.07) is 6.22. The van der Waals surface area contributed by atoms with Gasteiger partial charge in [-0.3, -0.25) is 9.36 Å². The Bertz CT molecular complexity index is 568. The summed E-state index contributed by atoms with van der Waals surface area (Å²) in [7, 11) is -3.40. The van der Waals surface area contributed by atoms with Crippen LogP contribution >= 0.6 is 7.60 Å². The maximum Gasteiger partial charge on any atom is 0.343 e. The molecule has 0 radical (unpaired) electrons. The van der Waals surface area contributed by atoms with Crippen LogP contribution in [0.15, 0.2) is 24.3 Å². The molecule has 5 nitrogen and oxygen atoms in total. The molecule has 23 heavy (non-hydrogen) atoms. The number of nitrogens with zero attached hydrogens (tertiary/aromatic N) is 1. The van der Waals surface area contributed by atoms with E-state index in [0.717, 1.165) is 5.56 Å². The van der Waals surface area contributed by atoms with Crippen molar-refractivity contribution in [3.63, 3.8) is 0 Å². The monoisotopic (exact) mass is 343 g/mol. The third kappa shape index (κ3) is 4.40. The summed E-state index contributed by atoms with van der Waals surface area (Å²) < 4.78 is 36.2. The van der Waals surface area contributed by atoms with Gasteiger partial charge in [0.2, 0.25) is 5.91 Å². The topological polar surface area (TPSA) is 55.8 Å². The molecule has 1 fully saturated rings. The van der Waals surface area contributed by atoms with Crippen LogP contribution in [-0.2, 0) is 24.8 Å². The Morgan fingerprint density at radius 3 is 2.39 bits per heavy atom. The molecule has 1 aliphatic heterocycles. The molecule has 0 saturated carbocycles. The SMILES string of the molecule is CCOP(=O)(OCC)C1CCN(CCc2ccc(F)cc2)C1=O. The summed E-state index contributed by atoms with van der Waals surface area (Å²) in [6.45, 7) is 5.01. The van der Waals surface area contributed by atoms with Crippen molar-refractivity contribution in [2.24, 2.45) is 0 Å². The molecule has 1 atom stereocenters. The normalized spacial score (nSPS) is 18.7. The molecule has 1 unspecified atom stereocenters. The van der Waals surface area contributed by atoms with Gasteiger partial charge in [-0.2, -0.15) is 0 Å². The van der Waals surface area contributed by atoms with E-state index in [9.17, 15) is 13.8 Å². The molecule has 1 aromatic carbocycles. The Morgan fingerprint density at radius 2 is 1.83 bits per heavy atom. The van der Waals surface area contributed by atoms with Gasteiger partial charge in [0.05, 0.1) is 13.2 Å². The molecule has 1 saturated heterocycles. The van der Waals surface area contributed by atoms with Crippen molar-refractivity contribution in [3.8, 4) is 0 Å². The number of carbonyl (C=O) groups excluding carboxylic acids is 1. The molecular formula is C16H23FNO4P. The highest BCUT2D eigenvalue weighted by Crippen LogP contribution is 2.56. The molecular weight excluding hydrogens is 320 g/mol. The first-order valence-corrected chi connectivity index (χ1v) is 9.53. The van der Waals surface area contributed by atoms with E-state index in [-0.39, 0.29) is 24.9 Å².